The molecule has 0 aliphatic rings. The summed E-state index contributed by atoms with van der Waals surface area (Å²) in [7, 11) is 0. The first-order valence-electron chi connectivity index (χ1n) is 3.55. The van der Waals surface area contributed by atoms with Crippen LogP contribution in [0.3, 0.4) is 0 Å². The van der Waals surface area contributed by atoms with Crippen LogP contribution < -0.4 is 11.1 Å². The number of aromatic nitrogens is 2. The Balaban J connectivity index is 2.55. The first-order chi connectivity index (χ1) is 5.83. The van der Waals surface area contributed by atoms with Gasteiger partial charge in [0.2, 0.25) is 5.95 Å². The van der Waals surface area contributed by atoms with Gasteiger partial charge < -0.3 is 11.1 Å². The molecular weight excluding hydrogens is 152 g/mol. The standard InChI is InChI=1S/C8H10N4/c1-2-3-5-10-8-11-6-4-7(9)12-8/h4,6H,5H2,1H3,(H3,9,10,11,12). The average molecular weight is 162 g/mol. The molecule has 0 atom stereocenters. The first-order valence-corrected chi connectivity index (χ1v) is 3.55. The molecule has 0 amide bonds. The smallest absolute Gasteiger partial charge is 0.225 e. The summed E-state index contributed by atoms with van der Waals surface area (Å²) >= 11 is 0. The fraction of sp³-hybridized carbons (Fsp3) is 0.250. The average Bonchev–Trinajstić information content (AvgIpc) is 2.05. The van der Waals surface area contributed by atoms with Crippen molar-refractivity contribution in [2.24, 2.45) is 0 Å². The Bertz CT molecular complexity index is 310. The highest BCUT2D eigenvalue weighted by Crippen LogP contribution is 1.99. The molecule has 1 aromatic heterocycles. The summed E-state index contributed by atoms with van der Waals surface area (Å²) in [5.74, 6) is 6.55. The Morgan fingerprint density at radius 2 is 2.50 bits per heavy atom. The lowest BCUT2D eigenvalue weighted by molar-refractivity contribution is 1.13. The van der Waals surface area contributed by atoms with Gasteiger partial charge >= 0.3 is 0 Å². The van der Waals surface area contributed by atoms with Crippen molar-refractivity contribution in [3.8, 4) is 11.8 Å². The van der Waals surface area contributed by atoms with E-state index in [0.29, 0.717) is 18.3 Å². The minimum absolute atomic E-state index is 0.456. The van der Waals surface area contributed by atoms with Crippen LogP contribution in [0.5, 0.6) is 0 Å². The zero-order chi connectivity index (χ0) is 8.81. The molecule has 0 aliphatic heterocycles. The van der Waals surface area contributed by atoms with Crippen LogP contribution in [0.2, 0.25) is 0 Å². The number of hydrogen-bond acceptors (Lipinski definition) is 4. The molecule has 1 aromatic rings. The molecule has 0 fully saturated rings. The number of anilines is 2. The quantitative estimate of drug-likeness (QED) is 0.621. The third-order valence-electron chi connectivity index (χ3n) is 1.19. The number of rotatable bonds is 2. The Kier molecular flexibility index (Phi) is 2.91. The third kappa shape index (κ3) is 2.46. The van der Waals surface area contributed by atoms with Crippen LogP contribution >= 0.6 is 0 Å². The van der Waals surface area contributed by atoms with E-state index in [1.165, 1.54) is 0 Å². The van der Waals surface area contributed by atoms with Crippen molar-refractivity contribution in [3.05, 3.63) is 12.3 Å². The summed E-state index contributed by atoms with van der Waals surface area (Å²) in [6, 6.07) is 1.64. The van der Waals surface area contributed by atoms with Crippen molar-refractivity contribution < 1.29 is 0 Å². The van der Waals surface area contributed by atoms with Crippen molar-refractivity contribution in [1.82, 2.24) is 9.97 Å². The number of nitrogens with zero attached hydrogens (tertiary/aromatic N) is 2. The lowest BCUT2D eigenvalue weighted by Crippen LogP contribution is -2.04. The van der Waals surface area contributed by atoms with Gasteiger partial charge in [-0.05, 0) is 13.0 Å². The fourth-order valence-corrected chi connectivity index (χ4v) is 0.669. The van der Waals surface area contributed by atoms with E-state index < -0.39 is 0 Å². The van der Waals surface area contributed by atoms with E-state index in [1.807, 2.05) is 0 Å². The summed E-state index contributed by atoms with van der Waals surface area (Å²) in [6.07, 6.45) is 1.60. The molecule has 1 heterocycles. The molecule has 0 unspecified atom stereocenters. The summed E-state index contributed by atoms with van der Waals surface area (Å²) < 4.78 is 0. The number of nitrogens with two attached hydrogens (primary N) is 1. The first kappa shape index (κ1) is 8.34. The molecule has 0 saturated carbocycles. The van der Waals surface area contributed by atoms with E-state index >= 15 is 0 Å². The second-order valence-corrected chi connectivity index (χ2v) is 2.09. The van der Waals surface area contributed by atoms with Gasteiger partial charge in [0.05, 0.1) is 6.54 Å². The summed E-state index contributed by atoms with van der Waals surface area (Å²) in [4.78, 5) is 7.87. The van der Waals surface area contributed by atoms with Gasteiger partial charge in [-0.15, -0.1) is 5.92 Å². The minimum atomic E-state index is 0.456. The van der Waals surface area contributed by atoms with Crippen molar-refractivity contribution in [3.63, 3.8) is 0 Å². The van der Waals surface area contributed by atoms with Gasteiger partial charge in [0, 0.05) is 6.20 Å². The van der Waals surface area contributed by atoms with Crippen molar-refractivity contribution in [2.45, 2.75) is 6.92 Å². The van der Waals surface area contributed by atoms with E-state index in [1.54, 1.807) is 19.2 Å². The van der Waals surface area contributed by atoms with Gasteiger partial charge in [-0.25, -0.2) is 4.98 Å². The Hall–Kier alpha value is -1.76. The number of hydrogen-bond donors (Lipinski definition) is 2. The molecule has 4 nitrogen and oxygen atoms in total. The molecule has 0 radical (unpaired) electrons. The van der Waals surface area contributed by atoms with Crippen molar-refractivity contribution >= 4 is 11.8 Å². The summed E-state index contributed by atoms with van der Waals surface area (Å²) in [5.41, 5.74) is 5.44. The topological polar surface area (TPSA) is 63.8 Å². The second-order valence-electron chi connectivity index (χ2n) is 2.09. The molecule has 0 bridgehead atoms. The minimum Gasteiger partial charge on any atom is -0.384 e. The second kappa shape index (κ2) is 4.19. The van der Waals surface area contributed by atoms with Gasteiger partial charge in [-0.3, -0.25) is 0 Å². The molecular formula is C8H10N4. The highest BCUT2D eigenvalue weighted by atomic mass is 15.1. The molecule has 0 aromatic carbocycles. The van der Waals surface area contributed by atoms with Crippen LogP contribution in [0.1, 0.15) is 6.92 Å². The predicted octanol–water partition coefficient (Wildman–Crippen LogP) is 0.494. The predicted molar refractivity (Wildman–Crippen MR) is 48.4 cm³/mol. The van der Waals surface area contributed by atoms with Crippen molar-refractivity contribution in [1.29, 1.82) is 0 Å². The molecule has 4 heteroatoms. The van der Waals surface area contributed by atoms with Crippen LogP contribution in [0.25, 0.3) is 0 Å². The van der Waals surface area contributed by atoms with Gasteiger partial charge in [-0.2, -0.15) is 4.98 Å². The van der Waals surface area contributed by atoms with Gasteiger partial charge in [0.25, 0.3) is 0 Å². The Morgan fingerprint density at radius 1 is 1.67 bits per heavy atom. The maximum atomic E-state index is 5.44. The fourth-order valence-electron chi connectivity index (χ4n) is 0.669. The highest BCUT2D eigenvalue weighted by Gasteiger charge is 1.91. The van der Waals surface area contributed by atoms with Gasteiger partial charge in [0.1, 0.15) is 5.82 Å². The maximum Gasteiger partial charge on any atom is 0.225 e. The molecule has 62 valence electrons. The maximum absolute atomic E-state index is 5.44. The number of nitrogens with one attached hydrogen (secondary N) is 1. The Morgan fingerprint density at radius 3 is 3.17 bits per heavy atom. The summed E-state index contributed by atoms with van der Waals surface area (Å²) in [5, 5.41) is 2.91. The van der Waals surface area contributed by atoms with Gasteiger partial charge in [0.15, 0.2) is 0 Å². The molecule has 0 aliphatic carbocycles. The van der Waals surface area contributed by atoms with Crippen LogP contribution in [0, 0.1) is 11.8 Å². The molecule has 1 rings (SSSR count). The van der Waals surface area contributed by atoms with Crippen LogP contribution in [0.15, 0.2) is 12.3 Å². The van der Waals surface area contributed by atoms with Crippen LogP contribution in [-0.4, -0.2) is 16.5 Å². The number of nitrogen functional groups attached to an aromatic ring is 1. The van der Waals surface area contributed by atoms with Crippen molar-refractivity contribution in [2.75, 3.05) is 17.6 Å². The Labute approximate surface area is 71.2 Å². The monoisotopic (exact) mass is 162 g/mol. The molecule has 3 N–H and O–H groups in total. The van der Waals surface area contributed by atoms with Crippen LogP contribution in [-0.2, 0) is 0 Å². The summed E-state index contributed by atoms with van der Waals surface area (Å²) in [6.45, 7) is 2.32. The molecule has 0 spiro atoms. The normalized spacial score (nSPS) is 8.42. The molecule has 12 heavy (non-hydrogen) atoms. The van der Waals surface area contributed by atoms with Gasteiger partial charge in [-0.1, -0.05) is 5.92 Å². The highest BCUT2D eigenvalue weighted by molar-refractivity contribution is 5.35. The van der Waals surface area contributed by atoms with E-state index in [-0.39, 0.29) is 0 Å². The van der Waals surface area contributed by atoms with Crippen LogP contribution in [0.4, 0.5) is 11.8 Å². The lowest BCUT2D eigenvalue weighted by atomic mass is 10.5. The van der Waals surface area contributed by atoms with E-state index in [9.17, 15) is 0 Å². The molecule has 0 saturated heterocycles. The largest absolute Gasteiger partial charge is 0.384 e. The van der Waals surface area contributed by atoms with E-state index in [4.69, 9.17) is 5.73 Å². The van der Waals surface area contributed by atoms with E-state index in [2.05, 4.69) is 27.1 Å². The lowest BCUT2D eigenvalue weighted by Gasteiger charge is -1.99. The third-order valence-corrected chi connectivity index (χ3v) is 1.19. The zero-order valence-electron chi connectivity index (χ0n) is 6.83. The SMILES string of the molecule is CC#CCNc1nccc(N)n1. The van der Waals surface area contributed by atoms with E-state index in [0.717, 1.165) is 0 Å². The zero-order valence-corrected chi connectivity index (χ0v) is 6.83.